The van der Waals surface area contributed by atoms with Crippen LogP contribution in [0.2, 0.25) is 0 Å². The number of allylic oxidation sites excluding steroid dienone is 2. The highest BCUT2D eigenvalue weighted by molar-refractivity contribution is 5.06. The predicted molar refractivity (Wildman–Crippen MR) is 65.9 cm³/mol. The Morgan fingerprint density at radius 3 is 2.67 bits per heavy atom. The average Bonchev–Trinajstić information content (AvgIpc) is 2.17. The second-order valence-electron chi connectivity index (χ2n) is 5.58. The van der Waals surface area contributed by atoms with Crippen LogP contribution in [-0.2, 0) is 0 Å². The second kappa shape index (κ2) is 5.69. The number of hydrogen-bond acceptors (Lipinski definition) is 1. The van der Waals surface area contributed by atoms with Gasteiger partial charge in [-0.3, -0.25) is 0 Å². The van der Waals surface area contributed by atoms with Gasteiger partial charge in [-0.05, 0) is 58.3 Å². The van der Waals surface area contributed by atoms with Crippen LogP contribution in [0.4, 0.5) is 0 Å². The third kappa shape index (κ3) is 5.36. The number of hydrogen-bond donors (Lipinski definition) is 1. The minimum absolute atomic E-state index is 0.485. The summed E-state index contributed by atoms with van der Waals surface area (Å²) in [6.45, 7) is 6.09. The fraction of sp³-hybridized carbons (Fsp3) is 0.857. The first-order valence-electron chi connectivity index (χ1n) is 6.41. The van der Waals surface area contributed by atoms with Crippen LogP contribution < -0.4 is 0 Å². The quantitative estimate of drug-likeness (QED) is 0.678. The van der Waals surface area contributed by atoms with E-state index in [0.29, 0.717) is 0 Å². The van der Waals surface area contributed by atoms with E-state index >= 15 is 0 Å². The zero-order valence-electron chi connectivity index (χ0n) is 10.6. The van der Waals surface area contributed by atoms with Gasteiger partial charge >= 0.3 is 0 Å². The topological polar surface area (TPSA) is 20.2 Å². The van der Waals surface area contributed by atoms with Gasteiger partial charge in [0, 0.05) is 0 Å². The lowest BCUT2D eigenvalue weighted by atomic mass is 9.85. The molecule has 0 saturated carbocycles. The maximum atomic E-state index is 9.61. The fourth-order valence-corrected chi connectivity index (χ4v) is 2.29. The van der Waals surface area contributed by atoms with Crippen LogP contribution in [0.25, 0.3) is 0 Å². The molecule has 0 bridgehead atoms. The van der Waals surface area contributed by atoms with E-state index in [4.69, 9.17) is 0 Å². The highest BCUT2D eigenvalue weighted by atomic mass is 16.3. The molecule has 0 amide bonds. The maximum Gasteiger partial charge on any atom is 0.0591 e. The molecule has 0 aromatic heterocycles. The fourth-order valence-electron chi connectivity index (χ4n) is 2.29. The first kappa shape index (κ1) is 12.8. The van der Waals surface area contributed by atoms with Crippen LogP contribution >= 0.6 is 0 Å². The van der Waals surface area contributed by atoms with Gasteiger partial charge in [0.05, 0.1) is 5.60 Å². The summed E-state index contributed by atoms with van der Waals surface area (Å²) >= 11 is 0. The Labute approximate surface area is 94.6 Å². The lowest BCUT2D eigenvalue weighted by Crippen LogP contribution is -2.18. The molecule has 1 heteroatoms. The molecule has 0 heterocycles. The van der Waals surface area contributed by atoms with Crippen molar-refractivity contribution < 1.29 is 5.11 Å². The van der Waals surface area contributed by atoms with Crippen LogP contribution in [0, 0.1) is 5.92 Å². The van der Waals surface area contributed by atoms with Gasteiger partial charge in [-0.25, -0.2) is 0 Å². The third-order valence-corrected chi connectivity index (χ3v) is 3.48. The van der Waals surface area contributed by atoms with Gasteiger partial charge in [-0.15, -0.1) is 0 Å². The number of aliphatic hydroxyl groups is 1. The Morgan fingerprint density at radius 1 is 1.47 bits per heavy atom. The molecule has 0 radical (unpaired) electrons. The van der Waals surface area contributed by atoms with Crippen LogP contribution in [0.3, 0.4) is 0 Å². The summed E-state index contributed by atoms with van der Waals surface area (Å²) in [7, 11) is 0. The van der Waals surface area contributed by atoms with Gasteiger partial charge in [0.25, 0.3) is 0 Å². The van der Waals surface area contributed by atoms with E-state index in [1.807, 2.05) is 13.8 Å². The molecule has 88 valence electrons. The molecule has 1 nitrogen and oxygen atoms in total. The zero-order chi connectivity index (χ0) is 11.3. The molecule has 0 aromatic carbocycles. The van der Waals surface area contributed by atoms with E-state index in [1.165, 1.54) is 32.1 Å². The molecule has 0 saturated heterocycles. The molecule has 1 rings (SSSR count). The van der Waals surface area contributed by atoms with Crippen LogP contribution in [-0.4, -0.2) is 10.7 Å². The lowest BCUT2D eigenvalue weighted by molar-refractivity contribution is 0.0688. The Morgan fingerprint density at radius 2 is 2.20 bits per heavy atom. The molecule has 1 unspecified atom stereocenters. The molecule has 15 heavy (non-hydrogen) atoms. The van der Waals surface area contributed by atoms with E-state index in [9.17, 15) is 5.11 Å². The summed E-state index contributed by atoms with van der Waals surface area (Å²) in [5.41, 5.74) is 1.14. The van der Waals surface area contributed by atoms with E-state index in [0.717, 1.165) is 18.8 Å². The summed E-state index contributed by atoms with van der Waals surface area (Å²) in [5.74, 6) is 0.933. The van der Waals surface area contributed by atoms with E-state index in [1.54, 1.807) is 5.57 Å². The standard InChI is InChI=1S/C14H26O/c1-4-12-7-9-13(10-8-12)6-5-11-14(2,3)15/h9,12,15H,4-8,10-11H2,1-3H3. The normalized spacial score (nSPS) is 22.7. The van der Waals surface area contributed by atoms with Gasteiger partial charge in [-0.2, -0.15) is 0 Å². The highest BCUT2D eigenvalue weighted by Crippen LogP contribution is 2.28. The highest BCUT2D eigenvalue weighted by Gasteiger charge is 2.15. The summed E-state index contributed by atoms with van der Waals surface area (Å²) in [6.07, 6.45) is 11.0. The van der Waals surface area contributed by atoms with E-state index in [2.05, 4.69) is 13.0 Å². The van der Waals surface area contributed by atoms with E-state index in [-0.39, 0.29) is 0 Å². The van der Waals surface area contributed by atoms with Crippen molar-refractivity contribution in [3.63, 3.8) is 0 Å². The van der Waals surface area contributed by atoms with Gasteiger partial charge in [0.1, 0.15) is 0 Å². The smallest absolute Gasteiger partial charge is 0.0591 e. The predicted octanol–water partition coefficient (Wildman–Crippen LogP) is 4.06. The van der Waals surface area contributed by atoms with Crippen molar-refractivity contribution in [3.8, 4) is 0 Å². The van der Waals surface area contributed by atoms with Crippen molar-refractivity contribution in [2.45, 2.75) is 71.3 Å². The Hall–Kier alpha value is -0.300. The largest absolute Gasteiger partial charge is 0.390 e. The van der Waals surface area contributed by atoms with Crippen LogP contribution in [0.1, 0.15) is 65.7 Å². The van der Waals surface area contributed by atoms with Crippen LogP contribution in [0.5, 0.6) is 0 Å². The van der Waals surface area contributed by atoms with E-state index < -0.39 is 5.60 Å². The molecule has 0 aliphatic heterocycles. The van der Waals surface area contributed by atoms with Crippen molar-refractivity contribution in [2.24, 2.45) is 5.92 Å². The van der Waals surface area contributed by atoms with Gasteiger partial charge in [0.15, 0.2) is 0 Å². The summed E-state index contributed by atoms with van der Waals surface area (Å²) < 4.78 is 0. The second-order valence-corrected chi connectivity index (χ2v) is 5.58. The minimum Gasteiger partial charge on any atom is -0.390 e. The zero-order valence-corrected chi connectivity index (χ0v) is 10.6. The summed E-state index contributed by atoms with van der Waals surface area (Å²) in [5, 5.41) is 9.61. The van der Waals surface area contributed by atoms with Crippen molar-refractivity contribution in [1.82, 2.24) is 0 Å². The number of rotatable bonds is 5. The molecule has 0 fully saturated rings. The Kier molecular flexibility index (Phi) is 4.85. The van der Waals surface area contributed by atoms with Crippen LogP contribution in [0.15, 0.2) is 11.6 Å². The monoisotopic (exact) mass is 210 g/mol. The Bertz CT molecular complexity index is 210. The summed E-state index contributed by atoms with van der Waals surface area (Å²) in [6, 6.07) is 0. The molecule has 0 spiro atoms. The molecule has 0 aromatic rings. The molecule has 1 aliphatic rings. The van der Waals surface area contributed by atoms with Crippen molar-refractivity contribution >= 4 is 0 Å². The SMILES string of the molecule is CCC1CC=C(CCCC(C)(C)O)CC1. The minimum atomic E-state index is -0.485. The molecule has 1 aliphatic carbocycles. The molecule has 1 N–H and O–H groups in total. The van der Waals surface area contributed by atoms with Crippen molar-refractivity contribution in [3.05, 3.63) is 11.6 Å². The van der Waals surface area contributed by atoms with Gasteiger partial charge in [-0.1, -0.05) is 25.0 Å². The van der Waals surface area contributed by atoms with Gasteiger partial charge in [0.2, 0.25) is 0 Å². The van der Waals surface area contributed by atoms with Crippen molar-refractivity contribution in [1.29, 1.82) is 0 Å². The first-order chi connectivity index (χ1) is 7.01. The molecular formula is C14H26O. The summed E-state index contributed by atoms with van der Waals surface area (Å²) in [4.78, 5) is 0. The average molecular weight is 210 g/mol. The molecular weight excluding hydrogens is 184 g/mol. The molecule has 1 atom stereocenters. The first-order valence-corrected chi connectivity index (χ1v) is 6.41. The third-order valence-electron chi connectivity index (χ3n) is 3.48. The lowest BCUT2D eigenvalue weighted by Gasteiger charge is -2.22. The maximum absolute atomic E-state index is 9.61. The van der Waals surface area contributed by atoms with Gasteiger partial charge < -0.3 is 5.11 Å². The van der Waals surface area contributed by atoms with Crippen molar-refractivity contribution in [2.75, 3.05) is 0 Å². The Balaban J connectivity index is 2.20.